The van der Waals surface area contributed by atoms with Crippen LogP contribution in [0.4, 0.5) is 0 Å². The summed E-state index contributed by atoms with van der Waals surface area (Å²) >= 11 is 0. The summed E-state index contributed by atoms with van der Waals surface area (Å²) in [4.78, 5) is 10.7. The van der Waals surface area contributed by atoms with E-state index in [1.807, 2.05) is 42.5 Å². The molecule has 19 heavy (non-hydrogen) atoms. The van der Waals surface area contributed by atoms with Gasteiger partial charge < -0.3 is 9.84 Å². The van der Waals surface area contributed by atoms with Crippen LogP contribution in [-0.2, 0) is 4.79 Å². The average Bonchev–Trinajstić information content (AvgIpc) is 2.93. The van der Waals surface area contributed by atoms with E-state index in [1.165, 1.54) is 6.92 Å². The fourth-order valence-corrected chi connectivity index (χ4v) is 1.67. The fraction of sp³-hybridized carbons (Fsp3) is 0.200. The third-order valence-corrected chi connectivity index (χ3v) is 2.63. The summed E-state index contributed by atoms with van der Waals surface area (Å²) in [6.07, 6.45) is 6.53. The van der Waals surface area contributed by atoms with Crippen LogP contribution in [0.2, 0.25) is 0 Å². The van der Waals surface area contributed by atoms with E-state index in [0.29, 0.717) is 6.54 Å². The monoisotopic (exact) mass is 256 g/mol. The van der Waals surface area contributed by atoms with Crippen LogP contribution in [0.5, 0.6) is 0 Å². The maximum atomic E-state index is 10.7. The van der Waals surface area contributed by atoms with Crippen molar-refractivity contribution in [3.05, 3.63) is 48.2 Å². The van der Waals surface area contributed by atoms with Crippen LogP contribution in [0, 0.1) is 0 Å². The van der Waals surface area contributed by atoms with E-state index in [4.69, 9.17) is 4.52 Å². The molecule has 0 bridgehead atoms. The van der Waals surface area contributed by atoms with Crippen LogP contribution >= 0.6 is 0 Å². The number of amides is 1. The number of benzene rings is 1. The topological polar surface area (TPSA) is 55.1 Å². The first-order chi connectivity index (χ1) is 9.25. The quantitative estimate of drug-likeness (QED) is 0.837. The zero-order chi connectivity index (χ0) is 13.5. The maximum absolute atomic E-state index is 10.7. The molecule has 1 heterocycles. The van der Waals surface area contributed by atoms with Gasteiger partial charge in [-0.1, -0.05) is 41.6 Å². The molecule has 2 rings (SSSR count). The summed E-state index contributed by atoms with van der Waals surface area (Å²) < 4.78 is 5.09. The number of aromatic nitrogens is 1. The second kappa shape index (κ2) is 6.54. The molecule has 0 aliphatic heterocycles. The third-order valence-electron chi connectivity index (χ3n) is 2.63. The molecule has 0 fully saturated rings. The summed E-state index contributed by atoms with van der Waals surface area (Å²) in [7, 11) is 0. The Morgan fingerprint density at radius 3 is 2.74 bits per heavy atom. The standard InChI is InChI=1S/C15H16N2O2/c1-12(18)16-10-3-2-4-13-5-7-14(8-6-13)15-9-11-17-19-15/h2,4-9,11H,3,10H2,1H3,(H,16,18). The lowest BCUT2D eigenvalue weighted by Crippen LogP contribution is -2.20. The minimum absolute atomic E-state index is 0.00445. The number of carbonyl (C=O) groups is 1. The van der Waals surface area contributed by atoms with Crippen LogP contribution < -0.4 is 5.32 Å². The van der Waals surface area contributed by atoms with Gasteiger partial charge in [0.25, 0.3) is 0 Å². The molecule has 1 aromatic carbocycles. The number of hydrogen-bond donors (Lipinski definition) is 1. The Labute approximate surface area is 112 Å². The lowest BCUT2D eigenvalue weighted by Gasteiger charge is -1.98. The molecule has 0 aliphatic carbocycles. The molecular formula is C15H16N2O2. The minimum atomic E-state index is 0.00445. The molecule has 0 atom stereocenters. The normalized spacial score (nSPS) is 10.8. The Kier molecular flexibility index (Phi) is 4.50. The highest BCUT2D eigenvalue weighted by molar-refractivity contribution is 5.72. The fourth-order valence-electron chi connectivity index (χ4n) is 1.67. The van der Waals surface area contributed by atoms with E-state index in [9.17, 15) is 4.79 Å². The zero-order valence-electron chi connectivity index (χ0n) is 10.8. The first-order valence-corrected chi connectivity index (χ1v) is 6.18. The van der Waals surface area contributed by atoms with Gasteiger partial charge in [0, 0.05) is 25.1 Å². The second-order valence-corrected chi connectivity index (χ2v) is 4.17. The van der Waals surface area contributed by atoms with Crippen molar-refractivity contribution in [2.45, 2.75) is 13.3 Å². The van der Waals surface area contributed by atoms with Gasteiger partial charge in [-0.25, -0.2) is 0 Å². The highest BCUT2D eigenvalue weighted by Crippen LogP contribution is 2.19. The van der Waals surface area contributed by atoms with Crippen molar-refractivity contribution in [2.75, 3.05) is 6.54 Å². The molecule has 0 radical (unpaired) electrons. The van der Waals surface area contributed by atoms with Gasteiger partial charge in [-0.3, -0.25) is 4.79 Å². The van der Waals surface area contributed by atoms with Gasteiger partial charge in [0.2, 0.25) is 5.91 Å². The van der Waals surface area contributed by atoms with Crippen LogP contribution in [0.15, 0.2) is 47.1 Å². The molecule has 1 N–H and O–H groups in total. The second-order valence-electron chi connectivity index (χ2n) is 4.17. The van der Waals surface area contributed by atoms with Crippen molar-refractivity contribution in [1.82, 2.24) is 10.5 Å². The van der Waals surface area contributed by atoms with Gasteiger partial charge in [0.15, 0.2) is 5.76 Å². The Morgan fingerprint density at radius 2 is 2.11 bits per heavy atom. The Balaban J connectivity index is 1.88. The number of carbonyl (C=O) groups excluding carboxylic acids is 1. The summed E-state index contributed by atoms with van der Waals surface area (Å²) in [5, 5.41) is 6.43. The molecule has 4 nitrogen and oxygen atoms in total. The van der Waals surface area contributed by atoms with Crippen molar-refractivity contribution in [1.29, 1.82) is 0 Å². The molecule has 0 spiro atoms. The summed E-state index contributed by atoms with van der Waals surface area (Å²) in [5.74, 6) is 0.769. The first-order valence-electron chi connectivity index (χ1n) is 6.18. The Morgan fingerprint density at radius 1 is 1.32 bits per heavy atom. The molecule has 98 valence electrons. The molecule has 1 amide bonds. The predicted octanol–water partition coefficient (Wildman–Crippen LogP) is 2.88. The van der Waals surface area contributed by atoms with E-state index < -0.39 is 0 Å². The van der Waals surface area contributed by atoms with Crippen LogP contribution in [-0.4, -0.2) is 17.6 Å². The molecule has 1 aromatic heterocycles. The smallest absolute Gasteiger partial charge is 0.216 e. The van der Waals surface area contributed by atoms with Crippen LogP contribution in [0.25, 0.3) is 17.4 Å². The molecule has 0 unspecified atom stereocenters. The number of nitrogens with zero attached hydrogens (tertiary/aromatic N) is 1. The molecule has 0 saturated carbocycles. The van der Waals surface area contributed by atoms with Crippen LogP contribution in [0.1, 0.15) is 18.9 Å². The number of nitrogens with one attached hydrogen (secondary N) is 1. The third kappa shape index (κ3) is 4.10. The van der Waals surface area contributed by atoms with Crippen molar-refractivity contribution in [2.24, 2.45) is 0 Å². The van der Waals surface area contributed by atoms with Crippen molar-refractivity contribution < 1.29 is 9.32 Å². The molecule has 0 aliphatic rings. The number of rotatable bonds is 5. The largest absolute Gasteiger partial charge is 0.356 e. The highest BCUT2D eigenvalue weighted by Gasteiger charge is 2.00. The minimum Gasteiger partial charge on any atom is -0.356 e. The van der Waals surface area contributed by atoms with E-state index in [-0.39, 0.29) is 5.91 Å². The van der Waals surface area contributed by atoms with E-state index >= 15 is 0 Å². The van der Waals surface area contributed by atoms with E-state index in [2.05, 4.69) is 10.5 Å². The molecule has 4 heteroatoms. The van der Waals surface area contributed by atoms with Crippen molar-refractivity contribution in [3.8, 4) is 11.3 Å². The number of hydrogen-bond acceptors (Lipinski definition) is 3. The SMILES string of the molecule is CC(=O)NCCC=Cc1ccc(-c2ccno2)cc1. The van der Waals surface area contributed by atoms with Gasteiger partial charge in [0.05, 0.1) is 6.20 Å². The molecular weight excluding hydrogens is 240 g/mol. The molecule has 2 aromatic rings. The maximum Gasteiger partial charge on any atom is 0.216 e. The van der Waals surface area contributed by atoms with E-state index in [1.54, 1.807) is 6.20 Å². The summed E-state index contributed by atoms with van der Waals surface area (Å²) in [5.41, 5.74) is 2.12. The lowest BCUT2D eigenvalue weighted by atomic mass is 10.1. The molecule has 0 saturated heterocycles. The van der Waals surface area contributed by atoms with Crippen molar-refractivity contribution in [3.63, 3.8) is 0 Å². The van der Waals surface area contributed by atoms with Gasteiger partial charge in [0.1, 0.15) is 0 Å². The van der Waals surface area contributed by atoms with Crippen molar-refractivity contribution >= 4 is 12.0 Å². The average molecular weight is 256 g/mol. The zero-order valence-corrected chi connectivity index (χ0v) is 10.8. The predicted molar refractivity (Wildman–Crippen MR) is 74.3 cm³/mol. The van der Waals surface area contributed by atoms with Crippen LogP contribution in [0.3, 0.4) is 0 Å². The lowest BCUT2D eigenvalue weighted by molar-refractivity contribution is -0.118. The Hall–Kier alpha value is -2.36. The summed E-state index contributed by atoms with van der Waals surface area (Å²) in [6.45, 7) is 2.19. The van der Waals surface area contributed by atoms with Gasteiger partial charge in [-0.15, -0.1) is 0 Å². The van der Waals surface area contributed by atoms with E-state index in [0.717, 1.165) is 23.3 Å². The van der Waals surface area contributed by atoms with Gasteiger partial charge in [-0.05, 0) is 12.0 Å². The Bertz CT molecular complexity index is 542. The highest BCUT2D eigenvalue weighted by atomic mass is 16.5. The van der Waals surface area contributed by atoms with Gasteiger partial charge >= 0.3 is 0 Å². The van der Waals surface area contributed by atoms with Gasteiger partial charge in [-0.2, -0.15) is 0 Å². The summed E-state index contributed by atoms with van der Waals surface area (Å²) in [6, 6.07) is 9.86. The first kappa shape index (κ1) is 13.1.